The topological polar surface area (TPSA) is 66.4 Å². The third-order valence-corrected chi connectivity index (χ3v) is 6.25. The summed E-state index contributed by atoms with van der Waals surface area (Å²) in [7, 11) is -3.89. The van der Waals surface area contributed by atoms with E-state index in [4.69, 9.17) is 5.11 Å². The minimum atomic E-state index is -3.89. The van der Waals surface area contributed by atoms with E-state index >= 15 is 0 Å². The largest absolute Gasteiger partial charge is 0.391 e. The van der Waals surface area contributed by atoms with E-state index in [2.05, 4.69) is 20.7 Å². The molecule has 4 nitrogen and oxygen atoms in total. The molecule has 0 saturated carbocycles. The Balaban J connectivity index is 2.21. The van der Waals surface area contributed by atoms with Crippen LogP contribution in [0.25, 0.3) is 0 Å². The van der Waals surface area contributed by atoms with Gasteiger partial charge < -0.3 is 5.11 Å². The highest BCUT2D eigenvalue weighted by Gasteiger charge is 2.21. The summed E-state index contributed by atoms with van der Waals surface area (Å²) < 4.78 is 53.2. The van der Waals surface area contributed by atoms with Gasteiger partial charge in [-0.15, -0.1) is 11.3 Å². The lowest BCUT2D eigenvalue weighted by Crippen LogP contribution is -2.23. The first-order chi connectivity index (χ1) is 9.83. The maximum absolute atomic E-state index is 13.4. The summed E-state index contributed by atoms with van der Waals surface area (Å²) in [5, 5.41) is 9.00. The van der Waals surface area contributed by atoms with Crippen molar-refractivity contribution in [1.82, 2.24) is 4.72 Å². The molecule has 0 radical (unpaired) electrons. The SMILES string of the molecule is O=S(=O)(NCc1cc(F)ccc1F)c1cc(CO)sc1Br. The van der Waals surface area contributed by atoms with Crippen molar-refractivity contribution in [1.29, 1.82) is 0 Å². The third-order valence-electron chi connectivity index (χ3n) is 2.61. The van der Waals surface area contributed by atoms with Gasteiger partial charge in [0.1, 0.15) is 16.5 Å². The molecule has 2 rings (SSSR count). The molecule has 0 unspecified atom stereocenters. The second-order valence-corrected chi connectivity index (χ2v) is 8.26. The van der Waals surface area contributed by atoms with Crippen LogP contribution in [0.4, 0.5) is 8.78 Å². The fourth-order valence-corrected chi connectivity index (χ4v) is 5.14. The van der Waals surface area contributed by atoms with Gasteiger partial charge in [-0.05, 0) is 40.2 Å². The molecule has 0 atom stereocenters. The fraction of sp³-hybridized carbons (Fsp3) is 0.167. The number of thiophene rings is 1. The average molecular weight is 398 g/mol. The van der Waals surface area contributed by atoms with Crippen molar-refractivity contribution in [2.45, 2.75) is 18.0 Å². The quantitative estimate of drug-likeness (QED) is 0.814. The molecule has 0 fully saturated rings. The summed E-state index contributed by atoms with van der Waals surface area (Å²) >= 11 is 4.18. The molecule has 1 aromatic heterocycles. The smallest absolute Gasteiger partial charge is 0.242 e. The van der Waals surface area contributed by atoms with E-state index in [0.717, 1.165) is 29.5 Å². The number of rotatable bonds is 5. The normalized spacial score (nSPS) is 11.8. The summed E-state index contributed by atoms with van der Waals surface area (Å²) in [6.07, 6.45) is 0. The zero-order valence-electron chi connectivity index (χ0n) is 10.4. The van der Waals surface area contributed by atoms with E-state index in [1.165, 1.54) is 6.07 Å². The highest BCUT2D eigenvalue weighted by Crippen LogP contribution is 2.31. The number of hydrogen-bond donors (Lipinski definition) is 2. The number of aliphatic hydroxyl groups is 1. The van der Waals surface area contributed by atoms with Crippen molar-refractivity contribution in [3.8, 4) is 0 Å². The van der Waals surface area contributed by atoms with E-state index in [1.54, 1.807) is 0 Å². The van der Waals surface area contributed by atoms with Crippen molar-refractivity contribution in [2.75, 3.05) is 0 Å². The molecule has 2 aromatic rings. The number of nitrogens with one attached hydrogen (secondary N) is 1. The van der Waals surface area contributed by atoms with Crippen LogP contribution in [0.5, 0.6) is 0 Å². The highest BCUT2D eigenvalue weighted by atomic mass is 79.9. The first kappa shape index (κ1) is 16.5. The Morgan fingerprint density at radius 1 is 1.29 bits per heavy atom. The Kier molecular flexibility index (Phi) is 5.10. The Morgan fingerprint density at radius 2 is 2.00 bits per heavy atom. The van der Waals surface area contributed by atoms with Crippen molar-refractivity contribution < 1.29 is 22.3 Å². The summed E-state index contributed by atoms with van der Waals surface area (Å²) in [6, 6.07) is 4.14. The van der Waals surface area contributed by atoms with Gasteiger partial charge in [0.15, 0.2) is 0 Å². The van der Waals surface area contributed by atoms with Gasteiger partial charge in [0.25, 0.3) is 0 Å². The van der Waals surface area contributed by atoms with Gasteiger partial charge in [-0.25, -0.2) is 21.9 Å². The van der Waals surface area contributed by atoms with Gasteiger partial charge >= 0.3 is 0 Å². The number of sulfonamides is 1. The van der Waals surface area contributed by atoms with E-state index < -0.39 is 21.7 Å². The molecule has 21 heavy (non-hydrogen) atoms. The average Bonchev–Trinajstić information content (AvgIpc) is 2.82. The monoisotopic (exact) mass is 397 g/mol. The number of aliphatic hydroxyl groups excluding tert-OH is 1. The zero-order valence-corrected chi connectivity index (χ0v) is 13.7. The van der Waals surface area contributed by atoms with Crippen molar-refractivity contribution in [3.05, 3.63) is 50.1 Å². The molecule has 9 heteroatoms. The Bertz CT molecular complexity index is 762. The van der Waals surface area contributed by atoms with Crippen LogP contribution in [0.15, 0.2) is 32.9 Å². The predicted octanol–water partition coefficient (Wildman–Crippen LogP) is 2.76. The van der Waals surface area contributed by atoms with Crippen molar-refractivity contribution in [3.63, 3.8) is 0 Å². The van der Waals surface area contributed by atoms with E-state index in [9.17, 15) is 17.2 Å². The Labute approximate surface area is 132 Å². The van der Waals surface area contributed by atoms with Crippen LogP contribution in [-0.4, -0.2) is 13.5 Å². The Morgan fingerprint density at radius 3 is 2.62 bits per heavy atom. The van der Waals surface area contributed by atoms with Crippen LogP contribution < -0.4 is 4.72 Å². The number of benzene rings is 1. The molecule has 0 aliphatic rings. The molecule has 0 amide bonds. The van der Waals surface area contributed by atoms with Gasteiger partial charge in [-0.3, -0.25) is 0 Å². The lowest BCUT2D eigenvalue weighted by atomic mass is 10.2. The first-order valence-corrected chi connectivity index (χ1v) is 8.75. The Hall–Kier alpha value is -0.870. The predicted molar refractivity (Wildman–Crippen MR) is 78.3 cm³/mol. The van der Waals surface area contributed by atoms with Gasteiger partial charge in [-0.2, -0.15) is 0 Å². The molecule has 0 spiro atoms. The van der Waals surface area contributed by atoms with Crippen molar-refractivity contribution in [2.24, 2.45) is 0 Å². The van der Waals surface area contributed by atoms with Crippen molar-refractivity contribution >= 4 is 37.3 Å². The molecule has 0 aliphatic heterocycles. The molecular formula is C12H10BrF2NO3S2. The molecule has 2 N–H and O–H groups in total. The van der Waals surface area contributed by atoms with Crippen LogP contribution >= 0.6 is 27.3 Å². The molecule has 0 bridgehead atoms. The number of hydrogen-bond acceptors (Lipinski definition) is 4. The van der Waals surface area contributed by atoms with Crippen LogP contribution in [0, 0.1) is 11.6 Å². The van der Waals surface area contributed by atoms with E-state index in [1.807, 2.05) is 0 Å². The van der Waals surface area contributed by atoms with Gasteiger partial charge in [-0.1, -0.05) is 0 Å². The maximum Gasteiger partial charge on any atom is 0.242 e. The molecule has 0 aliphatic carbocycles. The fourth-order valence-electron chi connectivity index (χ4n) is 1.59. The molecule has 1 heterocycles. The van der Waals surface area contributed by atoms with Crippen LogP contribution in [0.2, 0.25) is 0 Å². The first-order valence-electron chi connectivity index (χ1n) is 5.66. The second-order valence-electron chi connectivity index (χ2n) is 4.07. The zero-order chi connectivity index (χ0) is 15.6. The second kappa shape index (κ2) is 6.49. The lowest BCUT2D eigenvalue weighted by Gasteiger charge is -2.07. The van der Waals surface area contributed by atoms with Crippen LogP contribution in [0.3, 0.4) is 0 Å². The molecule has 0 saturated heterocycles. The minimum Gasteiger partial charge on any atom is -0.391 e. The van der Waals surface area contributed by atoms with Gasteiger partial charge in [0.05, 0.1) is 10.4 Å². The summed E-state index contributed by atoms with van der Waals surface area (Å²) in [6.45, 7) is -0.653. The molecule has 114 valence electrons. The van der Waals surface area contributed by atoms with Crippen LogP contribution in [-0.2, 0) is 23.2 Å². The standard InChI is InChI=1S/C12H10BrF2NO3S2/c13-12-11(4-9(6-17)20-12)21(18,19)16-5-7-3-8(14)1-2-10(7)15/h1-4,16-17H,5-6H2. The molecular weight excluding hydrogens is 388 g/mol. The van der Waals surface area contributed by atoms with E-state index in [0.29, 0.717) is 8.66 Å². The summed E-state index contributed by atoms with van der Waals surface area (Å²) in [5.41, 5.74) is -0.0905. The number of halogens is 3. The van der Waals surface area contributed by atoms with Gasteiger partial charge in [0.2, 0.25) is 10.0 Å². The lowest BCUT2D eigenvalue weighted by molar-refractivity contribution is 0.285. The third kappa shape index (κ3) is 3.86. The van der Waals surface area contributed by atoms with Crippen LogP contribution in [0.1, 0.15) is 10.4 Å². The summed E-state index contributed by atoms with van der Waals surface area (Å²) in [4.78, 5) is 0.424. The molecule has 1 aromatic carbocycles. The highest BCUT2D eigenvalue weighted by molar-refractivity contribution is 9.11. The minimum absolute atomic E-state index is 0.0478. The summed E-state index contributed by atoms with van der Waals surface area (Å²) in [5.74, 6) is -1.34. The maximum atomic E-state index is 13.4. The van der Waals surface area contributed by atoms with Gasteiger partial charge in [0, 0.05) is 17.0 Å². The van der Waals surface area contributed by atoms with E-state index in [-0.39, 0.29) is 23.6 Å².